The summed E-state index contributed by atoms with van der Waals surface area (Å²) in [5.74, 6) is -1.44. The normalized spacial score (nSPS) is 11.3. The van der Waals surface area contributed by atoms with Gasteiger partial charge in [-0.05, 0) is 11.8 Å². The molecule has 0 radical (unpaired) electrons. The van der Waals surface area contributed by atoms with Crippen LogP contribution in [0.3, 0.4) is 0 Å². The number of nitrogens with zero attached hydrogens (tertiary/aromatic N) is 1. The number of aromatic carboxylic acids is 1. The van der Waals surface area contributed by atoms with E-state index in [1.165, 1.54) is 6.92 Å². The molecule has 0 saturated heterocycles. The zero-order valence-corrected chi connectivity index (χ0v) is 11.8. The monoisotopic (exact) mass is 270 g/mol. The molecule has 18 heavy (non-hydrogen) atoms. The van der Waals surface area contributed by atoms with Crippen molar-refractivity contribution < 1.29 is 14.7 Å². The van der Waals surface area contributed by atoms with Crippen LogP contribution in [-0.4, -0.2) is 28.4 Å². The van der Waals surface area contributed by atoms with Gasteiger partial charge in [-0.15, -0.1) is 0 Å². The lowest BCUT2D eigenvalue weighted by Crippen LogP contribution is -2.21. The van der Waals surface area contributed by atoms with Gasteiger partial charge in [-0.1, -0.05) is 32.1 Å². The molecule has 1 rings (SSSR count). The Morgan fingerprint density at radius 1 is 1.44 bits per heavy atom. The molecule has 0 unspecified atom stereocenters. The van der Waals surface area contributed by atoms with Gasteiger partial charge in [0.15, 0.2) is 16.6 Å². The van der Waals surface area contributed by atoms with Crippen molar-refractivity contribution in [2.45, 2.75) is 34.1 Å². The second-order valence-electron chi connectivity index (χ2n) is 4.93. The Hall–Kier alpha value is -1.43. The summed E-state index contributed by atoms with van der Waals surface area (Å²) in [5, 5.41) is 12.5. The van der Waals surface area contributed by atoms with Crippen molar-refractivity contribution in [1.82, 2.24) is 4.98 Å². The third kappa shape index (κ3) is 3.53. The summed E-state index contributed by atoms with van der Waals surface area (Å²) in [6, 6.07) is 0. The third-order valence-corrected chi connectivity index (χ3v) is 3.94. The zero-order valence-electron chi connectivity index (χ0n) is 11.0. The number of hydrogen-bond donors (Lipinski definition) is 2. The molecule has 0 aliphatic carbocycles. The lowest BCUT2D eigenvalue weighted by molar-refractivity contribution is 0.0687. The summed E-state index contributed by atoms with van der Waals surface area (Å²) < 4.78 is 0. The first-order chi connectivity index (χ1) is 8.26. The van der Waals surface area contributed by atoms with Crippen LogP contribution >= 0.6 is 11.3 Å². The number of nitrogens with one attached hydrogen (secondary N) is 1. The fraction of sp³-hybridized carbons (Fsp3) is 0.583. The van der Waals surface area contributed by atoms with Crippen molar-refractivity contribution in [2.24, 2.45) is 5.41 Å². The number of aromatic nitrogens is 1. The molecule has 0 spiro atoms. The lowest BCUT2D eigenvalue weighted by atomic mass is 9.90. The van der Waals surface area contributed by atoms with Gasteiger partial charge >= 0.3 is 5.97 Å². The second-order valence-corrected chi connectivity index (χ2v) is 5.93. The molecular weight excluding hydrogens is 252 g/mol. The first-order valence-corrected chi connectivity index (χ1v) is 6.57. The minimum absolute atomic E-state index is 0.103. The number of Topliss-reactive ketones (excluding diaryl/α,β-unsaturated/α-hetero) is 1. The molecule has 0 aromatic carbocycles. The van der Waals surface area contributed by atoms with Gasteiger partial charge in [-0.2, -0.15) is 0 Å². The van der Waals surface area contributed by atoms with Crippen LogP contribution in [0, 0.1) is 5.41 Å². The van der Waals surface area contributed by atoms with Crippen LogP contribution in [0.5, 0.6) is 0 Å². The number of rotatable bonds is 6. The van der Waals surface area contributed by atoms with Gasteiger partial charge in [0.1, 0.15) is 4.88 Å². The number of ketones is 1. The number of thiazole rings is 1. The van der Waals surface area contributed by atoms with E-state index in [1.54, 1.807) is 0 Å². The second kappa shape index (κ2) is 5.48. The molecular formula is C12H18N2O3S. The van der Waals surface area contributed by atoms with Gasteiger partial charge in [-0.3, -0.25) is 4.79 Å². The highest BCUT2D eigenvalue weighted by Gasteiger charge is 2.22. The number of carbonyl (C=O) groups is 2. The van der Waals surface area contributed by atoms with E-state index in [0.717, 1.165) is 17.8 Å². The molecule has 6 heteroatoms. The number of carboxylic acids is 1. The predicted molar refractivity (Wildman–Crippen MR) is 71.6 cm³/mol. The van der Waals surface area contributed by atoms with Gasteiger partial charge in [0.05, 0.1) is 0 Å². The molecule has 1 heterocycles. The minimum Gasteiger partial charge on any atom is -0.476 e. The smallest absolute Gasteiger partial charge is 0.356 e. The van der Waals surface area contributed by atoms with E-state index in [9.17, 15) is 9.59 Å². The molecule has 5 nitrogen and oxygen atoms in total. The summed E-state index contributed by atoms with van der Waals surface area (Å²) in [5.41, 5.74) is -0.0601. The molecule has 100 valence electrons. The molecule has 0 bridgehead atoms. The van der Waals surface area contributed by atoms with E-state index in [1.807, 2.05) is 0 Å². The molecule has 2 N–H and O–H groups in total. The highest BCUT2D eigenvalue weighted by Crippen LogP contribution is 2.26. The quantitative estimate of drug-likeness (QED) is 0.777. The van der Waals surface area contributed by atoms with Gasteiger partial charge in [-0.25, -0.2) is 9.78 Å². The minimum atomic E-state index is -1.17. The molecule has 0 amide bonds. The Kier molecular flexibility index (Phi) is 4.45. The highest BCUT2D eigenvalue weighted by molar-refractivity contribution is 7.17. The Balaban J connectivity index is 2.89. The first-order valence-electron chi connectivity index (χ1n) is 5.76. The highest BCUT2D eigenvalue weighted by atomic mass is 32.1. The summed E-state index contributed by atoms with van der Waals surface area (Å²) in [6.45, 7) is 8.34. The fourth-order valence-corrected chi connectivity index (χ4v) is 2.07. The van der Waals surface area contributed by atoms with E-state index in [4.69, 9.17) is 5.11 Å². The zero-order chi connectivity index (χ0) is 13.9. The maximum atomic E-state index is 11.3. The SMILES string of the molecule is CCC(C)(C)CNc1nc(C(=O)O)c(C(C)=O)s1. The maximum Gasteiger partial charge on any atom is 0.356 e. The average Bonchev–Trinajstić information content (AvgIpc) is 2.71. The van der Waals surface area contributed by atoms with Crippen LogP contribution in [0.15, 0.2) is 0 Å². The molecule has 1 aromatic rings. The van der Waals surface area contributed by atoms with E-state index in [2.05, 4.69) is 31.1 Å². The third-order valence-electron chi connectivity index (χ3n) is 2.82. The lowest BCUT2D eigenvalue weighted by Gasteiger charge is -2.22. The number of carboxylic acid groups (broad SMARTS) is 1. The van der Waals surface area contributed by atoms with Crippen molar-refractivity contribution in [3.63, 3.8) is 0 Å². The van der Waals surface area contributed by atoms with Gasteiger partial charge in [0.2, 0.25) is 0 Å². The number of carbonyl (C=O) groups excluding carboxylic acids is 1. The predicted octanol–water partition coefficient (Wildman–Crippen LogP) is 2.89. The van der Waals surface area contributed by atoms with Gasteiger partial charge in [0.25, 0.3) is 0 Å². The fourth-order valence-electron chi connectivity index (χ4n) is 1.22. The molecule has 1 aromatic heterocycles. The van der Waals surface area contributed by atoms with Crippen molar-refractivity contribution in [3.8, 4) is 0 Å². The average molecular weight is 270 g/mol. The summed E-state index contributed by atoms with van der Waals surface area (Å²) >= 11 is 1.09. The Bertz CT molecular complexity index is 434. The summed E-state index contributed by atoms with van der Waals surface area (Å²) in [4.78, 5) is 26.4. The standard InChI is InChI=1S/C12H18N2O3S/c1-5-12(3,4)6-13-11-14-8(10(16)17)9(18-11)7(2)15/h5-6H2,1-4H3,(H,13,14)(H,16,17). The van der Waals surface area contributed by atoms with Crippen LogP contribution in [-0.2, 0) is 0 Å². The van der Waals surface area contributed by atoms with Crippen LogP contribution in [0.25, 0.3) is 0 Å². The molecule has 0 fully saturated rings. The van der Waals surface area contributed by atoms with Crippen molar-refractivity contribution >= 4 is 28.2 Å². The van der Waals surface area contributed by atoms with Crippen molar-refractivity contribution in [1.29, 1.82) is 0 Å². The van der Waals surface area contributed by atoms with Crippen molar-refractivity contribution in [3.05, 3.63) is 10.6 Å². The van der Waals surface area contributed by atoms with E-state index >= 15 is 0 Å². The summed E-state index contributed by atoms with van der Waals surface area (Å²) in [7, 11) is 0. The Morgan fingerprint density at radius 3 is 2.44 bits per heavy atom. The van der Waals surface area contributed by atoms with Gasteiger partial charge < -0.3 is 10.4 Å². The summed E-state index contributed by atoms with van der Waals surface area (Å²) in [6.07, 6.45) is 0.997. The Labute approximate surface area is 110 Å². The van der Waals surface area contributed by atoms with Crippen LogP contribution in [0.1, 0.15) is 54.3 Å². The van der Waals surface area contributed by atoms with Crippen LogP contribution in [0.2, 0.25) is 0 Å². The molecule has 0 atom stereocenters. The number of anilines is 1. The van der Waals surface area contributed by atoms with Crippen molar-refractivity contribution in [2.75, 3.05) is 11.9 Å². The van der Waals surface area contributed by atoms with E-state index < -0.39 is 5.97 Å². The molecule has 0 aliphatic heterocycles. The number of hydrogen-bond acceptors (Lipinski definition) is 5. The van der Waals surface area contributed by atoms with E-state index in [0.29, 0.717) is 11.7 Å². The molecule has 0 aliphatic rings. The molecule has 0 saturated carbocycles. The largest absolute Gasteiger partial charge is 0.476 e. The maximum absolute atomic E-state index is 11.3. The topological polar surface area (TPSA) is 79.3 Å². The van der Waals surface area contributed by atoms with Crippen LogP contribution < -0.4 is 5.32 Å². The van der Waals surface area contributed by atoms with Gasteiger partial charge in [0, 0.05) is 13.5 Å². The van der Waals surface area contributed by atoms with Crippen LogP contribution in [0.4, 0.5) is 5.13 Å². The van der Waals surface area contributed by atoms with E-state index in [-0.39, 0.29) is 21.8 Å². The first kappa shape index (κ1) is 14.6. The Morgan fingerprint density at radius 2 is 2.06 bits per heavy atom.